The molecular formula is C21H24BrN3O7S. The number of sulfonamides is 1. The number of nitrogens with one attached hydrogen (secondary N) is 2. The Labute approximate surface area is 199 Å². The quantitative estimate of drug-likeness (QED) is 0.421. The van der Waals surface area contributed by atoms with E-state index in [9.17, 15) is 13.2 Å². The first-order valence-electron chi connectivity index (χ1n) is 9.85. The lowest BCUT2D eigenvalue weighted by molar-refractivity contribution is -0.159. The van der Waals surface area contributed by atoms with Gasteiger partial charge < -0.3 is 20.8 Å². The molecule has 1 saturated heterocycles. The molecule has 3 rings (SSSR count). The first kappa shape index (κ1) is 26.3. The molecule has 1 amide bonds. The molecule has 0 aromatic heterocycles. The summed E-state index contributed by atoms with van der Waals surface area (Å²) in [5.41, 5.74) is 1.62. The zero-order valence-corrected chi connectivity index (χ0v) is 20.1. The van der Waals surface area contributed by atoms with Crippen LogP contribution in [0.15, 0.2) is 57.9 Å². The summed E-state index contributed by atoms with van der Waals surface area (Å²) < 4.78 is 28.2. The van der Waals surface area contributed by atoms with Crippen LogP contribution in [0.4, 0.5) is 11.4 Å². The fourth-order valence-corrected chi connectivity index (χ4v) is 4.82. The Balaban J connectivity index is 0.000000569. The number of carboxylic acids is 2. The lowest BCUT2D eigenvalue weighted by atomic mass is 10.1. The molecule has 0 saturated carbocycles. The summed E-state index contributed by atoms with van der Waals surface area (Å²) in [7, 11) is -3.52. The number of hydrogen-bond donors (Lipinski definition) is 4. The van der Waals surface area contributed by atoms with Gasteiger partial charge in [0.25, 0.3) is 0 Å². The average molecular weight is 542 g/mol. The van der Waals surface area contributed by atoms with Crippen LogP contribution in [0.2, 0.25) is 0 Å². The van der Waals surface area contributed by atoms with Gasteiger partial charge in [0.1, 0.15) is 0 Å². The van der Waals surface area contributed by atoms with Gasteiger partial charge in [-0.1, -0.05) is 15.9 Å². The highest BCUT2D eigenvalue weighted by Gasteiger charge is 2.29. The number of benzene rings is 2. The van der Waals surface area contributed by atoms with E-state index in [2.05, 4.69) is 26.6 Å². The number of piperidine rings is 1. The summed E-state index contributed by atoms with van der Waals surface area (Å²) >= 11 is 3.42. The van der Waals surface area contributed by atoms with Crippen LogP contribution in [0.1, 0.15) is 19.8 Å². The maximum atomic E-state index is 12.8. The molecule has 0 radical (unpaired) electrons. The van der Waals surface area contributed by atoms with Crippen molar-refractivity contribution in [1.29, 1.82) is 0 Å². The zero-order valence-electron chi connectivity index (χ0n) is 17.7. The Kier molecular flexibility index (Phi) is 9.38. The Morgan fingerprint density at radius 2 is 1.39 bits per heavy atom. The summed E-state index contributed by atoms with van der Waals surface area (Å²) in [6, 6.07) is 14.5. The van der Waals surface area contributed by atoms with E-state index in [1.807, 2.05) is 24.3 Å². The second-order valence-corrected chi connectivity index (χ2v) is 10.00. The number of hydrogen-bond acceptors (Lipinski definition) is 6. The summed E-state index contributed by atoms with van der Waals surface area (Å²) in [5.74, 6) is -3.84. The van der Waals surface area contributed by atoms with Crippen molar-refractivity contribution in [3.05, 3.63) is 53.0 Å². The topological polar surface area (TPSA) is 153 Å². The van der Waals surface area contributed by atoms with E-state index in [1.165, 1.54) is 23.4 Å². The predicted molar refractivity (Wildman–Crippen MR) is 126 cm³/mol. The van der Waals surface area contributed by atoms with Crippen LogP contribution < -0.4 is 10.6 Å². The molecule has 2 aromatic carbocycles. The highest BCUT2D eigenvalue weighted by molar-refractivity contribution is 9.10. The molecule has 4 N–H and O–H groups in total. The van der Waals surface area contributed by atoms with E-state index >= 15 is 0 Å². The lowest BCUT2D eigenvalue weighted by Gasteiger charge is -2.32. The van der Waals surface area contributed by atoms with Gasteiger partial charge in [0.15, 0.2) is 0 Å². The number of carboxylic acid groups (broad SMARTS) is 2. The fourth-order valence-electron chi connectivity index (χ4n) is 3.08. The van der Waals surface area contributed by atoms with Crippen LogP contribution in [0.25, 0.3) is 0 Å². The summed E-state index contributed by atoms with van der Waals surface area (Å²) in [6.07, 6.45) is 1.50. The molecule has 0 aliphatic carbocycles. The number of amides is 1. The van der Waals surface area contributed by atoms with Crippen LogP contribution in [0.3, 0.4) is 0 Å². The fraction of sp³-hybridized carbons (Fsp3) is 0.286. The van der Waals surface area contributed by atoms with Crippen LogP contribution in [0.5, 0.6) is 0 Å². The maximum absolute atomic E-state index is 12.8. The predicted octanol–water partition coefficient (Wildman–Crippen LogP) is 2.83. The third-order valence-electron chi connectivity index (χ3n) is 4.66. The zero-order chi connectivity index (χ0) is 24.6. The van der Waals surface area contributed by atoms with Crippen molar-refractivity contribution in [2.45, 2.75) is 30.7 Å². The van der Waals surface area contributed by atoms with Crippen molar-refractivity contribution in [3.8, 4) is 0 Å². The normalized spacial score (nSPS) is 14.5. The van der Waals surface area contributed by atoms with E-state index in [4.69, 9.17) is 19.8 Å². The minimum Gasteiger partial charge on any atom is -0.473 e. The van der Waals surface area contributed by atoms with Crippen molar-refractivity contribution in [3.63, 3.8) is 0 Å². The first-order valence-corrected chi connectivity index (χ1v) is 12.1. The van der Waals surface area contributed by atoms with Crippen molar-refractivity contribution in [1.82, 2.24) is 4.31 Å². The molecule has 0 spiro atoms. The van der Waals surface area contributed by atoms with Crippen LogP contribution in [0, 0.1) is 0 Å². The van der Waals surface area contributed by atoms with Gasteiger partial charge in [-0.2, -0.15) is 4.31 Å². The summed E-state index contributed by atoms with van der Waals surface area (Å²) in [4.78, 5) is 29.5. The molecule has 2 aromatic rings. The molecule has 1 heterocycles. The van der Waals surface area contributed by atoms with Gasteiger partial charge in [-0.15, -0.1) is 0 Å². The van der Waals surface area contributed by atoms with Crippen LogP contribution in [-0.2, 0) is 24.4 Å². The average Bonchev–Trinajstić information content (AvgIpc) is 2.76. The van der Waals surface area contributed by atoms with E-state index < -0.39 is 22.0 Å². The standard InChI is InChI=1S/C19H22BrN3O3S.C2H2O4/c1-14(24)21-16-6-8-19(9-7-16)27(25,26)23-12-10-18(11-13-23)22-17-4-2-15(20)3-5-17;3-1(4)2(5)6/h2-9,18,22H,10-13H2,1H3,(H,21,24);(H,3,4)(H,5,6). The molecule has 0 atom stereocenters. The van der Waals surface area contributed by atoms with Gasteiger partial charge in [0, 0.05) is 41.9 Å². The largest absolute Gasteiger partial charge is 0.473 e. The van der Waals surface area contributed by atoms with E-state index in [0.29, 0.717) is 18.8 Å². The Hall–Kier alpha value is -2.96. The first-order chi connectivity index (χ1) is 15.5. The van der Waals surface area contributed by atoms with Gasteiger partial charge >= 0.3 is 11.9 Å². The SMILES string of the molecule is CC(=O)Nc1ccc(S(=O)(=O)N2CCC(Nc3ccc(Br)cc3)CC2)cc1.O=C(O)C(=O)O. The molecule has 0 bridgehead atoms. The van der Waals surface area contributed by atoms with Crippen molar-refractivity contribution >= 4 is 55.2 Å². The monoisotopic (exact) mass is 541 g/mol. The van der Waals surface area contributed by atoms with E-state index in [-0.39, 0.29) is 16.8 Å². The number of aliphatic carboxylic acids is 2. The Bertz CT molecular complexity index is 1070. The molecule has 0 unspecified atom stereocenters. The van der Waals surface area contributed by atoms with Crippen molar-refractivity contribution < 1.29 is 33.0 Å². The molecule has 1 aliphatic rings. The minimum absolute atomic E-state index is 0.189. The number of halogens is 1. The third kappa shape index (κ3) is 8.15. The molecule has 1 aliphatic heterocycles. The van der Waals surface area contributed by atoms with Gasteiger partial charge in [-0.05, 0) is 61.4 Å². The molecular weight excluding hydrogens is 518 g/mol. The van der Waals surface area contributed by atoms with E-state index in [1.54, 1.807) is 12.1 Å². The van der Waals surface area contributed by atoms with E-state index in [0.717, 1.165) is 23.0 Å². The number of anilines is 2. The number of nitrogens with zero attached hydrogens (tertiary/aromatic N) is 1. The maximum Gasteiger partial charge on any atom is 0.414 e. The minimum atomic E-state index is -3.52. The van der Waals surface area contributed by atoms with Crippen molar-refractivity contribution in [2.24, 2.45) is 0 Å². The Morgan fingerprint density at radius 1 is 0.909 bits per heavy atom. The number of rotatable bonds is 5. The lowest BCUT2D eigenvalue weighted by Crippen LogP contribution is -2.42. The van der Waals surface area contributed by atoms with Crippen LogP contribution >= 0.6 is 15.9 Å². The van der Waals surface area contributed by atoms with Gasteiger partial charge in [0.2, 0.25) is 15.9 Å². The molecule has 178 valence electrons. The molecule has 12 heteroatoms. The number of carbonyl (C=O) groups is 3. The van der Waals surface area contributed by atoms with Gasteiger partial charge in [-0.3, -0.25) is 4.79 Å². The second-order valence-electron chi connectivity index (χ2n) is 7.15. The molecule has 1 fully saturated rings. The Morgan fingerprint density at radius 3 is 1.85 bits per heavy atom. The highest BCUT2D eigenvalue weighted by Crippen LogP contribution is 2.24. The van der Waals surface area contributed by atoms with Crippen LogP contribution in [-0.4, -0.2) is 59.9 Å². The van der Waals surface area contributed by atoms with Crippen molar-refractivity contribution in [2.75, 3.05) is 23.7 Å². The number of carbonyl (C=O) groups excluding carboxylic acids is 1. The van der Waals surface area contributed by atoms with Gasteiger partial charge in [0.05, 0.1) is 4.90 Å². The third-order valence-corrected chi connectivity index (χ3v) is 7.11. The van der Waals surface area contributed by atoms with Gasteiger partial charge in [-0.25, -0.2) is 18.0 Å². The molecule has 33 heavy (non-hydrogen) atoms. The summed E-state index contributed by atoms with van der Waals surface area (Å²) in [6.45, 7) is 2.37. The smallest absolute Gasteiger partial charge is 0.414 e. The second kappa shape index (κ2) is 11.8. The summed E-state index contributed by atoms with van der Waals surface area (Å²) in [5, 5.41) is 20.9. The highest BCUT2D eigenvalue weighted by atomic mass is 79.9. The molecule has 10 nitrogen and oxygen atoms in total.